The van der Waals surface area contributed by atoms with Crippen LogP contribution in [-0.2, 0) is 6.42 Å². The number of aromatic nitrogens is 3. The van der Waals surface area contributed by atoms with Gasteiger partial charge in [-0.1, -0.05) is 0 Å². The van der Waals surface area contributed by atoms with Crippen molar-refractivity contribution in [2.75, 3.05) is 0 Å². The predicted molar refractivity (Wildman–Crippen MR) is 42.2 cm³/mol. The van der Waals surface area contributed by atoms with Gasteiger partial charge >= 0.3 is 0 Å². The highest BCUT2D eigenvalue weighted by atomic mass is 14.9. The lowest BCUT2D eigenvalue weighted by molar-refractivity contribution is 1.11. The molecule has 0 bridgehead atoms. The van der Waals surface area contributed by atoms with Crippen molar-refractivity contribution in [2.45, 2.75) is 6.42 Å². The van der Waals surface area contributed by atoms with Crippen LogP contribution in [0.15, 0.2) is 31.0 Å². The van der Waals surface area contributed by atoms with E-state index in [4.69, 9.17) is 0 Å². The molecule has 0 spiro atoms. The fraction of sp³-hybridized carbons (Fsp3) is 0.125. The van der Waals surface area contributed by atoms with Crippen molar-refractivity contribution in [3.8, 4) is 0 Å². The summed E-state index contributed by atoms with van der Waals surface area (Å²) in [6.07, 6.45) is 8.37. The summed E-state index contributed by atoms with van der Waals surface area (Å²) >= 11 is 0. The highest BCUT2D eigenvalue weighted by molar-refractivity contribution is 5.16. The minimum atomic E-state index is 0.920. The molecule has 11 heavy (non-hydrogen) atoms. The Balaban J connectivity index is 2.14. The van der Waals surface area contributed by atoms with E-state index in [9.17, 15) is 0 Å². The molecule has 2 aromatic heterocycles. The van der Waals surface area contributed by atoms with Crippen molar-refractivity contribution < 1.29 is 0 Å². The first-order valence-electron chi connectivity index (χ1n) is 3.54. The third kappa shape index (κ3) is 1.32. The zero-order valence-corrected chi connectivity index (χ0v) is 6.04. The van der Waals surface area contributed by atoms with E-state index in [2.05, 4.69) is 21.0 Å². The molecule has 0 aliphatic heterocycles. The number of nitrogens with zero attached hydrogens (tertiary/aromatic N) is 1. The largest absolute Gasteiger partial charge is 0.367 e. The minimum Gasteiger partial charge on any atom is -0.367 e. The second-order valence-electron chi connectivity index (χ2n) is 2.47. The summed E-state index contributed by atoms with van der Waals surface area (Å²) in [6, 6.07) is 2.06. The second-order valence-corrected chi connectivity index (χ2v) is 2.47. The highest BCUT2D eigenvalue weighted by Gasteiger charge is 1.95. The first-order valence-corrected chi connectivity index (χ1v) is 3.54. The molecule has 0 saturated heterocycles. The van der Waals surface area contributed by atoms with Gasteiger partial charge in [0.1, 0.15) is 0 Å². The first kappa shape index (κ1) is 6.22. The first-order chi connectivity index (χ1) is 5.45. The molecule has 0 unspecified atom stereocenters. The number of imidazole rings is 1. The Bertz CT molecular complexity index is 262. The molecule has 3 nitrogen and oxygen atoms in total. The van der Waals surface area contributed by atoms with E-state index in [0.29, 0.717) is 0 Å². The number of hydrogen-bond donors (Lipinski definition) is 2. The molecule has 0 amide bonds. The van der Waals surface area contributed by atoms with Gasteiger partial charge in [0.15, 0.2) is 0 Å². The maximum Gasteiger partial charge on any atom is 0.0921 e. The van der Waals surface area contributed by atoms with E-state index < -0.39 is 0 Å². The van der Waals surface area contributed by atoms with Crippen LogP contribution < -0.4 is 0 Å². The lowest BCUT2D eigenvalue weighted by Gasteiger charge is -1.90. The molecule has 0 aliphatic carbocycles. The number of nitrogens with one attached hydrogen (secondary N) is 2. The Morgan fingerprint density at radius 3 is 3.09 bits per heavy atom. The average Bonchev–Trinajstić information content (AvgIpc) is 2.60. The molecule has 2 N–H and O–H groups in total. The van der Waals surface area contributed by atoms with Crippen LogP contribution >= 0.6 is 0 Å². The summed E-state index contributed by atoms with van der Waals surface area (Å²) in [6.45, 7) is 0. The molecule has 56 valence electrons. The smallest absolute Gasteiger partial charge is 0.0921 e. The van der Waals surface area contributed by atoms with Crippen molar-refractivity contribution in [1.82, 2.24) is 15.0 Å². The summed E-state index contributed by atoms with van der Waals surface area (Å²) in [7, 11) is 0. The molecular formula is C8H9N3. The Labute approximate surface area is 64.5 Å². The number of hydrogen-bond acceptors (Lipinski definition) is 1. The van der Waals surface area contributed by atoms with Gasteiger partial charge in [-0.25, -0.2) is 4.98 Å². The number of aromatic amines is 2. The van der Waals surface area contributed by atoms with Gasteiger partial charge < -0.3 is 9.97 Å². The molecule has 0 saturated carbocycles. The molecule has 0 fully saturated rings. The molecule has 2 aromatic rings. The molecule has 0 radical (unpaired) electrons. The van der Waals surface area contributed by atoms with Crippen LogP contribution in [-0.4, -0.2) is 15.0 Å². The number of H-pyrrole nitrogens is 2. The van der Waals surface area contributed by atoms with Crippen molar-refractivity contribution in [1.29, 1.82) is 0 Å². The van der Waals surface area contributed by atoms with Crippen molar-refractivity contribution in [3.05, 3.63) is 42.2 Å². The van der Waals surface area contributed by atoms with Crippen LogP contribution in [0.3, 0.4) is 0 Å². The van der Waals surface area contributed by atoms with Gasteiger partial charge in [-0.05, 0) is 11.6 Å². The topological polar surface area (TPSA) is 44.5 Å². The van der Waals surface area contributed by atoms with E-state index >= 15 is 0 Å². The Morgan fingerprint density at radius 1 is 1.45 bits per heavy atom. The third-order valence-corrected chi connectivity index (χ3v) is 1.61. The van der Waals surface area contributed by atoms with Gasteiger partial charge in [0, 0.05) is 30.7 Å². The number of rotatable bonds is 2. The summed E-state index contributed by atoms with van der Waals surface area (Å²) < 4.78 is 0. The quantitative estimate of drug-likeness (QED) is 0.661. The third-order valence-electron chi connectivity index (χ3n) is 1.61. The Morgan fingerprint density at radius 2 is 2.45 bits per heavy atom. The highest BCUT2D eigenvalue weighted by Crippen LogP contribution is 2.03. The van der Waals surface area contributed by atoms with E-state index in [1.54, 1.807) is 6.33 Å². The van der Waals surface area contributed by atoms with Crippen LogP contribution in [0.2, 0.25) is 0 Å². The maximum absolute atomic E-state index is 3.94. The lowest BCUT2D eigenvalue weighted by atomic mass is 10.2. The average molecular weight is 147 g/mol. The van der Waals surface area contributed by atoms with Crippen LogP contribution in [0.25, 0.3) is 0 Å². The Hall–Kier alpha value is -1.51. The molecule has 3 heteroatoms. The van der Waals surface area contributed by atoms with Crippen molar-refractivity contribution in [2.24, 2.45) is 0 Å². The van der Waals surface area contributed by atoms with Gasteiger partial charge in [0.25, 0.3) is 0 Å². The van der Waals surface area contributed by atoms with Gasteiger partial charge in [-0.2, -0.15) is 0 Å². The van der Waals surface area contributed by atoms with E-state index in [0.717, 1.165) is 12.1 Å². The summed E-state index contributed by atoms with van der Waals surface area (Å²) in [5, 5.41) is 0. The van der Waals surface area contributed by atoms with Gasteiger partial charge in [-0.15, -0.1) is 0 Å². The van der Waals surface area contributed by atoms with Crippen molar-refractivity contribution >= 4 is 0 Å². The monoisotopic (exact) mass is 147 g/mol. The van der Waals surface area contributed by atoms with Crippen molar-refractivity contribution in [3.63, 3.8) is 0 Å². The normalized spacial score (nSPS) is 10.2. The van der Waals surface area contributed by atoms with E-state index in [1.807, 2.05) is 18.6 Å². The zero-order valence-electron chi connectivity index (χ0n) is 6.04. The predicted octanol–water partition coefficient (Wildman–Crippen LogP) is 1.33. The maximum atomic E-state index is 3.94. The Kier molecular flexibility index (Phi) is 1.48. The molecule has 2 heterocycles. The summed E-state index contributed by atoms with van der Waals surface area (Å²) in [4.78, 5) is 10.00. The summed E-state index contributed by atoms with van der Waals surface area (Å²) in [5.41, 5.74) is 2.42. The minimum absolute atomic E-state index is 0.920. The fourth-order valence-electron chi connectivity index (χ4n) is 1.07. The standard InChI is InChI=1S/C8H9N3/c1-2-9-4-7(1)3-8-5-10-6-11-8/h1-2,4-6,9H,3H2,(H,10,11). The molecule has 0 atom stereocenters. The van der Waals surface area contributed by atoms with Gasteiger partial charge in [0.2, 0.25) is 0 Å². The zero-order chi connectivity index (χ0) is 7.52. The lowest BCUT2D eigenvalue weighted by Crippen LogP contribution is -1.83. The molecule has 0 aromatic carbocycles. The van der Waals surface area contributed by atoms with Crippen LogP contribution in [0, 0.1) is 0 Å². The van der Waals surface area contributed by atoms with Gasteiger partial charge in [-0.3, -0.25) is 0 Å². The van der Waals surface area contributed by atoms with Gasteiger partial charge in [0.05, 0.1) is 6.33 Å². The molecule has 0 aliphatic rings. The fourth-order valence-corrected chi connectivity index (χ4v) is 1.07. The van der Waals surface area contributed by atoms with Crippen LogP contribution in [0.5, 0.6) is 0 Å². The van der Waals surface area contributed by atoms with E-state index in [1.165, 1.54) is 5.56 Å². The molecular weight excluding hydrogens is 138 g/mol. The second kappa shape index (κ2) is 2.62. The van der Waals surface area contributed by atoms with Crippen LogP contribution in [0.1, 0.15) is 11.3 Å². The summed E-state index contributed by atoms with van der Waals surface area (Å²) in [5.74, 6) is 0. The molecule has 2 rings (SSSR count). The van der Waals surface area contributed by atoms with Crippen LogP contribution in [0.4, 0.5) is 0 Å². The SMILES string of the molecule is c1cc(Cc2cnc[nH]2)c[nH]1. The van der Waals surface area contributed by atoms with E-state index in [-0.39, 0.29) is 0 Å².